The lowest BCUT2D eigenvalue weighted by Crippen LogP contribution is -2.37. The lowest BCUT2D eigenvalue weighted by atomic mass is 9.90. The van der Waals surface area contributed by atoms with Crippen LogP contribution in [0.1, 0.15) is 25.3 Å². The van der Waals surface area contributed by atoms with Crippen LogP contribution >= 0.6 is 0 Å². The monoisotopic (exact) mass is 232 g/mol. The summed E-state index contributed by atoms with van der Waals surface area (Å²) in [5.74, 6) is 0.588. The predicted molar refractivity (Wildman–Crippen MR) is 60.7 cm³/mol. The normalized spacial score (nSPS) is 22.1. The Morgan fingerprint density at radius 2 is 2.41 bits per heavy atom. The van der Waals surface area contributed by atoms with Crippen LogP contribution < -0.4 is 4.74 Å². The van der Waals surface area contributed by atoms with Crippen molar-refractivity contribution in [1.82, 2.24) is 0 Å². The smallest absolute Gasteiger partial charge is 0.269 e. The Hall–Kier alpha value is -2.09. The third kappa shape index (κ3) is 1.94. The molecule has 1 unspecified atom stereocenters. The summed E-state index contributed by atoms with van der Waals surface area (Å²) < 4.78 is 5.67. The van der Waals surface area contributed by atoms with Crippen LogP contribution in [0.25, 0.3) is 0 Å². The highest BCUT2D eigenvalue weighted by atomic mass is 16.6. The number of nitrogens with zero attached hydrogens (tertiary/aromatic N) is 2. The van der Waals surface area contributed by atoms with E-state index in [0.717, 1.165) is 5.56 Å². The first-order chi connectivity index (χ1) is 8.10. The molecule has 0 fully saturated rings. The molecular formula is C12H12N2O3. The minimum atomic E-state index is -0.775. The molecule has 0 spiro atoms. The van der Waals surface area contributed by atoms with Crippen molar-refractivity contribution < 1.29 is 9.66 Å². The molecule has 0 saturated heterocycles. The Kier molecular flexibility index (Phi) is 2.72. The second-order valence-electron chi connectivity index (χ2n) is 4.11. The Balaban J connectivity index is 2.36. The summed E-state index contributed by atoms with van der Waals surface area (Å²) in [7, 11) is 0. The first-order valence-electron chi connectivity index (χ1n) is 5.48. The second-order valence-corrected chi connectivity index (χ2v) is 4.11. The van der Waals surface area contributed by atoms with E-state index < -0.39 is 10.5 Å². The standard InChI is InChI=1S/C12H12N2O3/c1-2-12(8-13)6-5-9-7-10(14(15)16)3-4-11(9)17-12/h3-4,7H,2,5-6H2,1H3. The number of hydrogen-bond acceptors (Lipinski definition) is 4. The van der Waals surface area contributed by atoms with Gasteiger partial charge in [-0.1, -0.05) is 6.92 Å². The molecule has 5 heteroatoms. The van der Waals surface area contributed by atoms with E-state index in [0.29, 0.717) is 25.0 Å². The van der Waals surface area contributed by atoms with E-state index in [1.54, 1.807) is 6.07 Å². The van der Waals surface area contributed by atoms with Gasteiger partial charge in [0, 0.05) is 24.1 Å². The quantitative estimate of drug-likeness (QED) is 0.580. The number of ether oxygens (including phenoxy) is 1. The molecule has 0 bridgehead atoms. The zero-order chi connectivity index (χ0) is 12.5. The molecule has 0 aromatic heterocycles. The lowest BCUT2D eigenvalue weighted by Gasteiger charge is -2.32. The molecule has 0 radical (unpaired) electrons. The summed E-state index contributed by atoms with van der Waals surface area (Å²) >= 11 is 0. The highest BCUT2D eigenvalue weighted by molar-refractivity contribution is 5.46. The Morgan fingerprint density at radius 1 is 1.65 bits per heavy atom. The van der Waals surface area contributed by atoms with E-state index in [1.807, 2.05) is 6.92 Å². The number of aryl methyl sites for hydroxylation is 1. The van der Waals surface area contributed by atoms with E-state index in [2.05, 4.69) is 6.07 Å². The first-order valence-corrected chi connectivity index (χ1v) is 5.48. The topological polar surface area (TPSA) is 76.2 Å². The maximum absolute atomic E-state index is 10.6. The predicted octanol–water partition coefficient (Wildman–Crippen LogP) is 2.59. The van der Waals surface area contributed by atoms with Gasteiger partial charge in [0.25, 0.3) is 5.69 Å². The van der Waals surface area contributed by atoms with Crippen molar-refractivity contribution in [1.29, 1.82) is 5.26 Å². The Bertz CT molecular complexity index is 507. The van der Waals surface area contributed by atoms with Gasteiger partial charge >= 0.3 is 0 Å². The zero-order valence-electron chi connectivity index (χ0n) is 9.47. The maximum Gasteiger partial charge on any atom is 0.269 e. The van der Waals surface area contributed by atoms with E-state index in [-0.39, 0.29) is 5.69 Å². The van der Waals surface area contributed by atoms with E-state index in [9.17, 15) is 10.1 Å². The van der Waals surface area contributed by atoms with Gasteiger partial charge in [-0.15, -0.1) is 0 Å². The van der Waals surface area contributed by atoms with Crippen LogP contribution in [0.2, 0.25) is 0 Å². The van der Waals surface area contributed by atoms with Gasteiger partial charge in [-0.3, -0.25) is 10.1 Å². The fourth-order valence-corrected chi connectivity index (χ4v) is 1.98. The molecule has 0 N–H and O–H groups in total. The van der Waals surface area contributed by atoms with Crippen LogP contribution in [0.4, 0.5) is 5.69 Å². The minimum absolute atomic E-state index is 0.0632. The van der Waals surface area contributed by atoms with Gasteiger partial charge in [-0.2, -0.15) is 5.26 Å². The van der Waals surface area contributed by atoms with Gasteiger partial charge in [0.05, 0.1) is 4.92 Å². The summed E-state index contributed by atoms with van der Waals surface area (Å²) in [4.78, 5) is 10.2. The third-order valence-corrected chi connectivity index (χ3v) is 3.13. The van der Waals surface area contributed by atoms with Crippen molar-refractivity contribution in [2.45, 2.75) is 31.8 Å². The molecule has 1 aromatic rings. The highest BCUT2D eigenvalue weighted by Crippen LogP contribution is 2.36. The molecule has 2 rings (SSSR count). The van der Waals surface area contributed by atoms with Crippen molar-refractivity contribution in [2.24, 2.45) is 0 Å². The van der Waals surface area contributed by atoms with Crippen molar-refractivity contribution in [3.05, 3.63) is 33.9 Å². The molecular weight excluding hydrogens is 220 g/mol. The fraction of sp³-hybridized carbons (Fsp3) is 0.417. The van der Waals surface area contributed by atoms with Gasteiger partial charge in [-0.25, -0.2) is 0 Å². The summed E-state index contributed by atoms with van der Waals surface area (Å²) in [5.41, 5.74) is 0.0928. The molecule has 1 aromatic carbocycles. The van der Waals surface area contributed by atoms with Crippen LogP contribution in [0.3, 0.4) is 0 Å². The second kappa shape index (κ2) is 4.06. The number of nitriles is 1. The Morgan fingerprint density at radius 3 is 3.00 bits per heavy atom. The summed E-state index contributed by atoms with van der Waals surface area (Å²) in [6, 6.07) is 6.69. The number of non-ortho nitro benzene ring substituents is 1. The molecule has 5 nitrogen and oxygen atoms in total. The minimum Gasteiger partial charge on any atom is -0.472 e. The van der Waals surface area contributed by atoms with E-state index in [4.69, 9.17) is 10.00 Å². The number of nitro groups is 1. The molecule has 1 atom stereocenters. The SMILES string of the molecule is CCC1(C#N)CCc2cc([N+](=O)[O-])ccc2O1. The highest BCUT2D eigenvalue weighted by Gasteiger charge is 2.35. The molecule has 0 amide bonds. The number of rotatable bonds is 2. The van der Waals surface area contributed by atoms with Gasteiger partial charge in [0.15, 0.2) is 5.60 Å². The number of nitro benzene ring substituents is 1. The number of hydrogen-bond donors (Lipinski definition) is 0. The number of benzene rings is 1. The Labute approximate surface area is 98.8 Å². The molecule has 88 valence electrons. The van der Waals surface area contributed by atoms with Crippen LogP contribution in [0, 0.1) is 21.4 Å². The average molecular weight is 232 g/mol. The third-order valence-electron chi connectivity index (χ3n) is 3.13. The number of fused-ring (bicyclic) bond motifs is 1. The molecule has 17 heavy (non-hydrogen) atoms. The summed E-state index contributed by atoms with van der Waals surface area (Å²) in [6.07, 6.45) is 1.83. The van der Waals surface area contributed by atoms with E-state index >= 15 is 0 Å². The summed E-state index contributed by atoms with van der Waals surface area (Å²) in [6.45, 7) is 1.90. The van der Waals surface area contributed by atoms with Gasteiger partial charge in [-0.05, 0) is 18.9 Å². The first kappa shape index (κ1) is 11.4. The molecule has 0 aliphatic carbocycles. The molecule has 1 aliphatic heterocycles. The largest absolute Gasteiger partial charge is 0.472 e. The maximum atomic E-state index is 10.6. The lowest BCUT2D eigenvalue weighted by molar-refractivity contribution is -0.385. The van der Waals surface area contributed by atoms with Crippen LogP contribution in [0.15, 0.2) is 18.2 Å². The van der Waals surface area contributed by atoms with Crippen LogP contribution in [0.5, 0.6) is 5.75 Å². The van der Waals surface area contributed by atoms with Crippen molar-refractivity contribution in [2.75, 3.05) is 0 Å². The van der Waals surface area contributed by atoms with Gasteiger partial charge in [0.1, 0.15) is 11.8 Å². The molecule has 1 aliphatic rings. The van der Waals surface area contributed by atoms with Gasteiger partial charge in [0.2, 0.25) is 0 Å². The van der Waals surface area contributed by atoms with Crippen molar-refractivity contribution in [3.63, 3.8) is 0 Å². The molecule has 0 saturated carbocycles. The molecule has 1 heterocycles. The van der Waals surface area contributed by atoms with Crippen molar-refractivity contribution in [3.8, 4) is 11.8 Å². The van der Waals surface area contributed by atoms with Crippen molar-refractivity contribution >= 4 is 5.69 Å². The van der Waals surface area contributed by atoms with E-state index in [1.165, 1.54) is 12.1 Å². The summed E-state index contributed by atoms with van der Waals surface area (Å²) in [5, 5.41) is 19.8. The van der Waals surface area contributed by atoms with Crippen LogP contribution in [-0.4, -0.2) is 10.5 Å². The van der Waals surface area contributed by atoms with Crippen LogP contribution in [-0.2, 0) is 6.42 Å². The van der Waals surface area contributed by atoms with Gasteiger partial charge < -0.3 is 4.74 Å². The fourth-order valence-electron chi connectivity index (χ4n) is 1.98. The average Bonchev–Trinajstić information content (AvgIpc) is 2.37. The zero-order valence-corrected chi connectivity index (χ0v) is 9.47.